The van der Waals surface area contributed by atoms with E-state index in [1.54, 1.807) is 18.2 Å². The maximum absolute atomic E-state index is 12.8. The summed E-state index contributed by atoms with van der Waals surface area (Å²) in [5, 5.41) is 9.62. The lowest BCUT2D eigenvalue weighted by molar-refractivity contribution is -0.132. The first kappa shape index (κ1) is 18.4. The fraction of sp³-hybridized carbons (Fsp3) is 0.273. The molecule has 6 heteroatoms. The molecular weight excluding hydrogens is 358 g/mol. The molecule has 1 aliphatic heterocycles. The predicted molar refractivity (Wildman–Crippen MR) is 104 cm³/mol. The third-order valence-electron chi connectivity index (χ3n) is 5.04. The van der Waals surface area contributed by atoms with E-state index in [-0.39, 0.29) is 5.57 Å². The van der Waals surface area contributed by atoms with Crippen LogP contribution in [0.25, 0.3) is 5.57 Å². The predicted octanol–water partition coefficient (Wildman–Crippen LogP) is 2.48. The number of benzene rings is 2. The van der Waals surface area contributed by atoms with Gasteiger partial charge in [-0.05, 0) is 29.3 Å². The minimum atomic E-state index is -1.21. The van der Waals surface area contributed by atoms with Crippen molar-refractivity contribution in [1.82, 2.24) is 4.90 Å². The normalized spacial score (nSPS) is 16.9. The molecule has 0 amide bonds. The fourth-order valence-corrected chi connectivity index (χ4v) is 3.63. The number of rotatable bonds is 6. The van der Waals surface area contributed by atoms with E-state index < -0.39 is 11.8 Å². The molecule has 144 valence electrons. The molecule has 6 nitrogen and oxygen atoms in total. The van der Waals surface area contributed by atoms with Crippen molar-refractivity contribution >= 4 is 17.3 Å². The minimum absolute atomic E-state index is 0.188. The molecule has 2 aromatic carbocycles. The third kappa shape index (κ3) is 3.56. The van der Waals surface area contributed by atoms with Crippen LogP contribution in [0.1, 0.15) is 21.5 Å². The van der Waals surface area contributed by atoms with Crippen LogP contribution in [0.15, 0.2) is 54.1 Å². The summed E-state index contributed by atoms with van der Waals surface area (Å²) in [4.78, 5) is 26.8. The summed E-state index contributed by atoms with van der Waals surface area (Å²) in [5.74, 6) is -1.12. The van der Waals surface area contributed by atoms with Crippen LogP contribution in [0.4, 0.5) is 0 Å². The monoisotopic (exact) mass is 379 g/mol. The van der Waals surface area contributed by atoms with Crippen molar-refractivity contribution in [2.24, 2.45) is 0 Å². The summed E-state index contributed by atoms with van der Waals surface area (Å²) >= 11 is 0. The van der Waals surface area contributed by atoms with Crippen molar-refractivity contribution in [1.29, 1.82) is 0 Å². The van der Waals surface area contributed by atoms with Gasteiger partial charge in [0.1, 0.15) is 17.9 Å². The summed E-state index contributed by atoms with van der Waals surface area (Å²) in [5.41, 5.74) is 2.00. The number of carbonyl (C=O) groups excluding carboxylic acids is 1. The second-order valence-electron chi connectivity index (χ2n) is 6.76. The third-order valence-corrected chi connectivity index (χ3v) is 5.04. The number of ketones is 1. The topological polar surface area (TPSA) is 76.1 Å². The largest absolute Gasteiger partial charge is 0.492 e. The van der Waals surface area contributed by atoms with Crippen LogP contribution in [0.5, 0.6) is 5.75 Å². The number of Topliss-reactive ketones (excluding diaryl/α,β-unsaturated/α-hetero) is 1. The number of aliphatic carboxylic acids is 1. The molecule has 1 aliphatic carbocycles. The number of carbonyl (C=O) groups is 2. The number of carboxylic acid groups (broad SMARTS) is 1. The van der Waals surface area contributed by atoms with Crippen LogP contribution in [0.2, 0.25) is 0 Å². The van der Waals surface area contributed by atoms with Gasteiger partial charge >= 0.3 is 5.97 Å². The average Bonchev–Trinajstić information content (AvgIpc) is 3.02. The molecule has 2 aromatic rings. The zero-order valence-electron chi connectivity index (χ0n) is 15.4. The van der Waals surface area contributed by atoms with E-state index in [0.717, 1.165) is 32.8 Å². The van der Waals surface area contributed by atoms with E-state index >= 15 is 0 Å². The highest BCUT2D eigenvalue weighted by molar-refractivity contribution is 6.34. The number of carboxylic acids is 1. The van der Waals surface area contributed by atoms with Crippen molar-refractivity contribution in [3.05, 3.63) is 70.8 Å². The second kappa shape index (κ2) is 7.96. The van der Waals surface area contributed by atoms with Gasteiger partial charge in [0.15, 0.2) is 0 Å². The lowest BCUT2D eigenvalue weighted by atomic mass is 9.97. The number of ether oxygens (including phenoxy) is 2. The summed E-state index contributed by atoms with van der Waals surface area (Å²) in [6.07, 6.45) is 0. The van der Waals surface area contributed by atoms with E-state index in [0.29, 0.717) is 34.6 Å². The van der Waals surface area contributed by atoms with Crippen LogP contribution in [-0.4, -0.2) is 61.2 Å². The second-order valence-corrected chi connectivity index (χ2v) is 6.76. The summed E-state index contributed by atoms with van der Waals surface area (Å²) in [6, 6.07) is 14.3. The molecule has 0 bridgehead atoms. The van der Waals surface area contributed by atoms with E-state index in [1.807, 2.05) is 30.3 Å². The van der Waals surface area contributed by atoms with Gasteiger partial charge in [-0.3, -0.25) is 9.69 Å². The van der Waals surface area contributed by atoms with Crippen molar-refractivity contribution in [3.8, 4) is 5.75 Å². The molecule has 0 radical (unpaired) electrons. The number of fused-ring (bicyclic) bond motifs is 1. The molecule has 2 aliphatic rings. The van der Waals surface area contributed by atoms with Gasteiger partial charge in [-0.1, -0.05) is 30.3 Å². The van der Waals surface area contributed by atoms with Crippen molar-refractivity contribution in [3.63, 3.8) is 0 Å². The Morgan fingerprint density at radius 2 is 1.82 bits per heavy atom. The highest BCUT2D eigenvalue weighted by Gasteiger charge is 2.35. The van der Waals surface area contributed by atoms with Crippen LogP contribution < -0.4 is 4.74 Å². The quantitative estimate of drug-likeness (QED) is 0.777. The average molecular weight is 379 g/mol. The SMILES string of the molecule is O=C(O)C1=C(c2ccccc2)c2ccc(OCCN3CCOCC3)cc2C1=O. The smallest absolute Gasteiger partial charge is 0.340 e. The van der Waals surface area contributed by atoms with Gasteiger partial charge in [0, 0.05) is 30.8 Å². The molecule has 1 heterocycles. The van der Waals surface area contributed by atoms with Crippen LogP contribution in [0.3, 0.4) is 0 Å². The van der Waals surface area contributed by atoms with Gasteiger partial charge in [-0.25, -0.2) is 4.79 Å². The van der Waals surface area contributed by atoms with E-state index in [1.165, 1.54) is 0 Å². The molecule has 1 saturated heterocycles. The minimum Gasteiger partial charge on any atom is -0.492 e. The zero-order valence-corrected chi connectivity index (χ0v) is 15.4. The van der Waals surface area contributed by atoms with Crippen molar-refractivity contribution in [2.75, 3.05) is 39.5 Å². The number of morpholine rings is 1. The Labute approximate surface area is 163 Å². The van der Waals surface area contributed by atoms with Gasteiger partial charge in [-0.15, -0.1) is 0 Å². The summed E-state index contributed by atoms with van der Waals surface area (Å²) in [6.45, 7) is 4.52. The first-order valence-corrected chi connectivity index (χ1v) is 9.30. The fourth-order valence-electron chi connectivity index (χ4n) is 3.63. The molecule has 0 saturated carbocycles. The highest BCUT2D eigenvalue weighted by atomic mass is 16.5. The first-order valence-electron chi connectivity index (χ1n) is 9.30. The zero-order chi connectivity index (χ0) is 19.5. The van der Waals surface area contributed by atoms with E-state index in [9.17, 15) is 14.7 Å². The first-order chi connectivity index (χ1) is 13.6. The molecule has 1 N–H and O–H groups in total. The Balaban J connectivity index is 1.56. The van der Waals surface area contributed by atoms with Gasteiger partial charge in [0.2, 0.25) is 5.78 Å². The van der Waals surface area contributed by atoms with Gasteiger partial charge in [0.25, 0.3) is 0 Å². The van der Waals surface area contributed by atoms with Gasteiger partial charge in [0.05, 0.1) is 13.2 Å². The molecular formula is C22H21NO5. The Hall–Kier alpha value is -2.96. The maximum atomic E-state index is 12.8. The van der Waals surface area contributed by atoms with Crippen LogP contribution >= 0.6 is 0 Å². The molecule has 0 spiro atoms. The van der Waals surface area contributed by atoms with Crippen molar-refractivity contribution in [2.45, 2.75) is 0 Å². The van der Waals surface area contributed by atoms with Gasteiger partial charge in [-0.2, -0.15) is 0 Å². The van der Waals surface area contributed by atoms with Crippen molar-refractivity contribution < 1.29 is 24.2 Å². The summed E-state index contributed by atoms with van der Waals surface area (Å²) in [7, 11) is 0. The highest BCUT2D eigenvalue weighted by Crippen LogP contribution is 2.39. The Morgan fingerprint density at radius 1 is 1.07 bits per heavy atom. The molecule has 0 aromatic heterocycles. The number of nitrogens with zero attached hydrogens (tertiary/aromatic N) is 1. The van der Waals surface area contributed by atoms with Gasteiger partial charge < -0.3 is 14.6 Å². The van der Waals surface area contributed by atoms with Crippen LogP contribution in [-0.2, 0) is 9.53 Å². The molecule has 4 rings (SSSR count). The van der Waals surface area contributed by atoms with E-state index in [2.05, 4.69) is 4.90 Å². The Bertz CT molecular complexity index is 929. The van der Waals surface area contributed by atoms with E-state index in [4.69, 9.17) is 9.47 Å². The Kier molecular flexibility index (Phi) is 5.23. The standard InChI is InChI=1S/C22H21NO5/c24-21-18-14-16(28-13-10-23-8-11-27-12-9-23)6-7-17(18)19(20(21)22(25)26)15-4-2-1-3-5-15/h1-7,14H,8-13H2,(H,25,26). The number of hydrogen-bond acceptors (Lipinski definition) is 5. The summed E-state index contributed by atoms with van der Waals surface area (Å²) < 4.78 is 11.1. The lowest BCUT2D eigenvalue weighted by Crippen LogP contribution is -2.38. The molecule has 28 heavy (non-hydrogen) atoms. The Morgan fingerprint density at radius 3 is 2.54 bits per heavy atom. The maximum Gasteiger partial charge on any atom is 0.340 e. The molecule has 0 atom stereocenters. The number of hydrogen-bond donors (Lipinski definition) is 1. The lowest BCUT2D eigenvalue weighted by Gasteiger charge is -2.26. The van der Waals surface area contributed by atoms with Crippen LogP contribution in [0, 0.1) is 0 Å². The molecule has 0 unspecified atom stereocenters. The molecule has 1 fully saturated rings.